The van der Waals surface area contributed by atoms with Crippen LogP contribution in [-0.2, 0) is 6.42 Å². The van der Waals surface area contributed by atoms with Crippen LogP contribution in [0.4, 0.5) is 0 Å². The second-order valence-electron chi connectivity index (χ2n) is 10.4. The summed E-state index contributed by atoms with van der Waals surface area (Å²) in [4.78, 5) is 0. The summed E-state index contributed by atoms with van der Waals surface area (Å²) < 4.78 is 11.5. The van der Waals surface area contributed by atoms with Gasteiger partial charge < -0.3 is 8.98 Å². The van der Waals surface area contributed by atoms with Gasteiger partial charge >= 0.3 is 0 Å². The molecular formula is C36H23NOS. The number of nitrogens with zero attached hydrogens (tertiary/aromatic N) is 1. The Hall–Kier alpha value is -4.60. The first kappa shape index (κ1) is 21.3. The fourth-order valence-corrected chi connectivity index (χ4v) is 7.80. The van der Waals surface area contributed by atoms with Gasteiger partial charge in [-0.15, -0.1) is 11.3 Å². The fraction of sp³-hybridized carbons (Fsp3) is 0.0556. The van der Waals surface area contributed by atoms with Gasteiger partial charge in [0.2, 0.25) is 0 Å². The zero-order valence-electron chi connectivity index (χ0n) is 21.1. The lowest BCUT2D eigenvalue weighted by atomic mass is 9.91. The molecule has 0 atom stereocenters. The van der Waals surface area contributed by atoms with Crippen LogP contribution >= 0.6 is 11.3 Å². The van der Waals surface area contributed by atoms with Crippen molar-refractivity contribution >= 4 is 69.9 Å². The van der Waals surface area contributed by atoms with Gasteiger partial charge in [-0.25, -0.2) is 0 Å². The van der Waals surface area contributed by atoms with Crippen LogP contribution in [0.5, 0.6) is 0 Å². The van der Waals surface area contributed by atoms with Crippen molar-refractivity contribution in [3.63, 3.8) is 0 Å². The number of benzene rings is 5. The Bertz CT molecular complexity index is 2270. The van der Waals surface area contributed by atoms with Crippen molar-refractivity contribution in [3.05, 3.63) is 132 Å². The molecule has 39 heavy (non-hydrogen) atoms. The third-order valence-electron chi connectivity index (χ3n) is 8.30. The number of hydrogen-bond acceptors (Lipinski definition) is 2. The monoisotopic (exact) mass is 517 g/mol. The Labute approximate surface area is 229 Å². The van der Waals surface area contributed by atoms with Crippen molar-refractivity contribution in [2.45, 2.75) is 12.8 Å². The van der Waals surface area contributed by atoms with Gasteiger partial charge in [0.25, 0.3) is 0 Å². The van der Waals surface area contributed by atoms with E-state index >= 15 is 0 Å². The maximum absolute atomic E-state index is 6.38. The number of fused-ring (bicyclic) bond motifs is 10. The molecule has 0 fully saturated rings. The number of thiophene rings is 1. The predicted octanol–water partition coefficient (Wildman–Crippen LogP) is 10.3. The van der Waals surface area contributed by atoms with Gasteiger partial charge in [0.1, 0.15) is 11.3 Å². The first-order chi connectivity index (χ1) is 19.3. The number of aryl methyl sites for hydroxylation is 1. The van der Waals surface area contributed by atoms with Crippen LogP contribution < -0.4 is 0 Å². The van der Waals surface area contributed by atoms with Gasteiger partial charge in [0, 0.05) is 48.5 Å². The van der Waals surface area contributed by atoms with E-state index in [2.05, 4.69) is 120 Å². The minimum atomic E-state index is 0.976. The van der Waals surface area contributed by atoms with Crippen molar-refractivity contribution in [3.8, 4) is 5.69 Å². The first-order valence-electron chi connectivity index (χ1n) is 13.5. The van der Waals surface area contributed by atoms with E-state index < -0.39 is 0 Å². The van der Waals surface area contributed by atoms with Gasteiger partial charge in [-0.2, -0.15) is 0 Å². The van der Waals surface area contributed by atoms with Gasteiger partial charge in [0.05, 0.1) is 15.7 Å². The third kappa shape index (κ3) is 2.96. The maximum Gasteiger partial charge on any atom is 0.138 e. The average molecular weight is 518 g/mol. The van der Waals surface area contributed by atoms with Gasteiger partial charge in [-0.05, 0) is 48.7 Å². The molecule has 1 aliphatic rings. The highest BCUT2D eigenvalue weighted by atomic mass is 32.1. The molecule has 5 aromatic carbocycles. The molecule has 0 N–H and O–H groups in total. The lowest BCUT2D eigenvalue weighted by Crippen LogP contribution is -1.99. The Morgan fingerprint density at radius 1 is 0.641 bits per heavy atom. The quantitative estimate of drug-likeness (QED) is 0.223. The summed E-state index contributed by atoms with van der Waals surface area (Å²) >= 11 is 1.89. The number of para-hydroxylation sites is 2. The molecule has 0 spiro atoms. The second-order valence-corrected chi connectivity index (χ2v) is 11.5. The van der Waals surface area contributed by atoms with Crippen LogP contribution in [-0.4, -0.2) is 4.57 Å². The van der Waals surface area contributed by atoms with Crippen LogP contribution in [0.1, 0.15) is 23.3 Å². The molecule has 3 heteroatoms. The average Bonchev–Trinajstić information content (AvgIpc) is 3.67. The van der Waals surface area contributed by atoms with Gasteiger partial charge in [0.15, 0.2) is 0 Å². The smallest absolute Gasteiger partial charge is 0.138 e. The Balaban J connectivity index is 1.26. The second kappa shape index (κ2) is 7.95. The standard InChI is InChI=1S/C36H23NOS/c1-4-13-31-25(8-1)28-20-21-30-27-10-3-6-15-33(27)39-36(30)34(28)37(31)23-18-16-22(17-19-23)24-11-7-12-29-26-9-2-5-14-32(26)38-35(24)29/h1-6,8-11,13-21H,7,12H2. The van der Waals surface area contributed by atoms with Crippen LogP contribution in [0.3, 0.4) is 0 Å². The number of hydrogen-bond donors (Lipinski definition) is 0. The molecule has 0 saturated carbocycles. The Morgan fingerprint density at radius 3 is 2.28 bits per heavy atom. The highest BCUT2D eigenvalue weighted by molar-refractivity contribution is 7.26. The Kier molecular flexibility index (Phi) is 4.35. The van der Waals surface area contributed by atoms with Crippen LogP contribution in [0.25, 0.3) is 64.2 Å². The largest absolute Gasteiger partial charge is 0.456 e. The molecule has 2 nitrogen and oxygen atoms in total. The molecule has 9 rings (SSSR count). The van der Waals surface area contributed by atoms with E-state index in [0.29, 0.717) is 0 Å². The van der Waals surface area contributed by atoms with Crippen molar-refractivity contribution in [1.29, 1.82) is 0 Å². The zero-order valence-corrected chi connectivity index (χ0v) is 22.0. The molecule has 1 aliphatic carbocycles. The van der Waals surface area contributed by atoms with Crippen LogP contribution in [0, 0.1) is 0 Å². The molecule has 0 unspecified atom stereocenters. The molecule has 184 valence electrons. The number of aromatic nitrogens is 1. The third-order valence-corrected chi connectivity index (χ3v) is 9.49. The Morgan fingerprint density at radius 2 is 1.38 bits per heavy atom. The SMILES string of the molecule is C1=C(c2ccc(-n3c4ccccc4c4ccc5c6ccccc6sc5c43)cc2)c2oc3ccccc3c2CC1. The summed E-state index contributed by atoms with van der Waals surface area (Å²) in [5, 5.41) is 6.49. The zero-order chi connectivity index (χ0) is 25.5. The van der Waals surface area contributed by atoms with Crippen LogP contribution in [0.15, 0.2) is 120 Å². The molecule has 0 aliphatic heterocycles. The molecule has 3 heterocycles. The van der Waals surface area contributed by atoms with E-state index in [-0.39, 0.29) is 0 Å². The minimum absolute atomic E-state index is 0.976. The van der Waals surface area contributed by atoms with Crippen LogP contribution in [0.2, 0.25) is 0 Å². The lowest BCUT2D eigenvalue weighted by Gasteiger charge is -2.14. The van der Waals surface area contributed by atoms with Crippen molar-refractivity contribution in [2.75, 3.05) is 0 Å². The molecule has 0 bridgehead atoms. The summed E-state index contributed by atoms with van der Waals surface area (Å²) in [5.74, 6) is 1.03. The van der Waals surface area contributed by atoms with Gasteiger partial charge in [-0.3, -0.25) is 0 Å². The fourth-order valence-electron chi connectivity index (χ4n) is 6.56. The van der Waals surface area contributed by atoms with E-state index in [1.165, 1.54) is 69.8 Å². The van der Waals surface area contributed by atoms with E-state index in [1.807, 2.05) is 11.3 Å². The number of allylic oxidation sites excluding steroid dienone is 1. The summed E-state index contributed by atoms with van der Waals surface area (Å²) in [5.41, 5.74) is 8.42. The van der Waals surface area contributed by atoms with Crippen molar-refractivity contribution in [1.82, 2.24) is 4.57 Å². The highest BCUT2D eigenvalue weighted by Gasteiger charge is 2.22. The van der Waals surface area contributed by atoms with E-state index in [4.69, 9.17) is 4.42 Å². The summed E-state index contributed by atoms with van der Waals surface area (Å²) in [6.07, 6.45) is 4.39. The summed E-state index contributed by atoms with van der Waals surface area (Å²) in [6.45, 7) is 0. The first-order valence-corrected chi connectivity index (χ1v) is 14.3. The molecule has 8 aromatic rings. The summed E-state index contributed by atoms with van der Waals surface area (Å²) in [6, 6.07) is 39.6. The van der Waals surface area contributed by atoms with Gasteiger partial charge in [-0.1, -0.05) is 84.9 Å². The molecule has 0 saturated heterocycles. The number of furan rings is 1. The molecule has 0 amide bonds. The maximum atomic E-state index is 6.38. The minimum Gasteiger partial charge on any atom is -0.456 e. The normalized spacial score (nSPS) is 13.6. The van der Waals surface area contributed by atoms with E-state index in [9.17, 15) is 0 Å². The summed E-state index contributed by atoms with van der Waals surface area (Å²) in [7, 11) is 0. The molecular weight excluding hydrogens is 494 g/mol. The lowest BCUT2D eigenvalue weighted by molar-refractivity contribution is 0.591. The highest BCUT2D eigenvalue weighted by Crippen LogP contribution is 2.43. The molecule has 3 aromatic heterocycles. The number of rotatable bonds is 2. The predicted molar refractivity (Wildman–Crippen MR) is 165 cm³/mol. The van der Waals surface area contributed by atoms with E-state index in [0.717, 1.165) is 24.2 Å². The van der Waals surface area contributed by atoms with Crippen molar-refractivity contribution < 1.29 is 4.42 Å². The topological polar surface area (TPSA) is 18.1 Å². The molecule has 0 radical (unpaired) electrons. The van der Waals surface area contributed by atoms with E-state index in [1.54, 1.807) is 0 Å². The van der Waals surface area contributed by atoms with Crippen molar-refractivity contribution in [2.24, 2.45) is 0 Å².